The lowest BCUT2D eigenvalue weighted by Gasteiger charge is -2.28. The van der Waals surface area contributed by atoms with Crippen LogP contribution in [0.2, 0.25) is 0 Å². The lowest BCUT2D eigenvalue weighted by atomic mass is 10.1. The fourth-order valence-electron chi connectivity index (χ4n) is 4.50. The van der Waals surface area contributed by atoms with E-state index in [-0.39, 0.29) is 0 Å². The zero-order valence-electron chi connectivity index (χ0n) is 19.3. The molecule has 1 aromatic carbocycles. The Morgan fingerprint density at radius 1 is 0.941 bits per heavy atom. The number of morpholine rings is 2. The molecule has 0 saturated carbocycles. The second-order valence-electron chi connectivity index (χ2n) is 8.78. The van der Waals surface area contributed by atoms with Gasteiger partial charge in [-0.1, -0.05) is 23.8 Å². The number of rotatable bonds is 5. The van der Waals surface area contributed by atoms with Crippen molar-refractivity contribution in [1.82, 2.24) is 24.6 Å². The van der Waals surface area contributed by atoms with E-state index < -0.39 is 0 Å². The van der Waals surface area contributed by atoms with Gasteiger partial charge in [0.1, 0.15) is 0 Å². The first-order chi connectivity index (χ1) is 16.7. The van der Waals surface area contributed by atoms with E-state index in [9.17, 15) is 0 Å². The Morgan fingerprint density at radius 2 is 1.74 bits per heavy atom. The molecule has 0 bridgehead atoms. The monoisotopic (exact) mass is 476 g/mol. The van der Waals surface area contributed by atoms with Crippen LogP contribution in [0.5, 0.6) is 0 Å². The zero-order valence-corrected chi connectivity index (χ0v) is 20.1. The lowest BCUT2D eigenvalue weighted by molar-refractivity contribution is 0.0346. The van der Waals surface area contributed by atoms with Crippen molar-refractivity contribution in [2.45, 2.75) is 13.5 Å². The Morgan fingerprint density at radius 3 is 2.53 bits per heavy atom. The third-order valence-electron chi connectivity index (χ3n) is 6.29. The predicted octanol–water partition coefficient (Wildman–Crippen LogP) is 3.52. The van der Waals surface area contributed by atoms with Gasteiger partial charge in [0, 0.05) is 49.4 Å². The molecule has 5 heterocycles. The van der Waals surface area contributed by atoms with Crippen LogP contribution in [0, 0.1) is 6.92 Å². The van der Waals surface area contributed by atoms with E-state index in [1.54, 1.807) is 16.0 Å². The maximum absolute atomic E-state index is 5.60. The maximum atomic E-state index is 5.60. The fraction of sp³-hybridized carbons (Fsp3) is 0.400. The number of fused-ring (bicyclic) bond motifs is 1. The Hall–Kier alpha value is -2.85. The van der Waals surface area contributed by atoms with Crippen molar-refractivity contribution in [3.8, 4) is 17.2 Å². The Labute approximate surface area is 202 Å². The largest absolute Gasteiger partial charge is 0.379 e. The van der Waals surface area contributed by atoms with Crippen molar-refractivity contribution in [3.63, 3.8) is 0 Å². The molecular formula is C25H28N6O2S. The van der Waals surface area contributed by atoms with Gasteiger partial charge in [-0.15, -0.1) is 11.3 Å². The normalized spacial score (nSPS) is 17.5. The minimum absolute atomic E-state index is 0.601. The second-order valence-corrected chi connectivity index (χ2v) is 9.91. The molecule has 2 aliphatic rings. The highest BCUT2D eigenvalue weighted by molar-refractivity contribution is 7.19. The van der Waals surface area contributed by atoms with E-state index in [1.807, 2.05) is 12.3 Å². The molecule has 0 radical (unpaired) electrons. The number of hydrogen-bond acceptors (Lipinski definition) is 8. The summed E-state index contributed by atoms with van der Waals surface area (Å²) in [4.78, 5) is 16.0. The van der Waals surface area contributed by atoms with Gasteiger partial charge in [-0.2, -0.15) is 10.1 Å². The van der Waals surface area contributed by atoms with Gasteiger partial charge >= 0.3 is 0 Å². The molecule has 0 unspecified atom stereocenters. The van der Waals surface area contributed by atoms with E-state index in [0.29, 0.717) is 19.2 Å². The summed E-state index contributed by atoms with van der Waals surface area (Å²) in [6.45, 7) is 9.64. The average Bonchev–Trinajstić information content (AvgIpc) is 3.52. The molecule has 2 saturated heterocycles. The number of nitrogens with zero attached hydrogens (tertiary/aromatic N) is 6. The predicted molar refractivity (Wildman–Crippen MR) is 134 cm³/mol. The summed E-state index contributed by atoms with van der Waals surface area (Å²) < 4.78 is 14.0. The number of aromatic nitrogens is 4. The molecular weight excluding hydrogens is 448 g/mol. The van der Waals surface area contributed by atoms with E-state index in [0.717, 1.165) is 73.2 Å². The minimum atomic E-state index is 0.601. The number of anilines is 1. The first kappa shape index (κ1) is 21.7. The minimum Gasteiger partial charge on any atom is -0.379 e. The quantitative estimate of drug-likeness (QED) is 0.437. The number of ether oxygens (including phenoxy) is 2. The van der Waals surface area contributed by atoms with Gasteiger partial charge in [-0.05, 0) is 25.1 Å². The molecule has 8 nitrogen and oxygen atoms in total. The van der Waals surface area contributed by atoms with Gasteiger partial charge in [0.2, 0.25) is 0 Å². The van der Waals surface area contributed by atoms with Crippen LogP contribution in [-0.2, 0) is 16.0 Å². The molecule has 0 aliphatic carbocycles. The summed E-state index contributed by atoms with van der Waals surface area (Å²) in [5.74, 6) is 1.58. The molecule has 0 atom stereocenters. The molecule has 2 aliphatic heterocycles. The summed E-state index contributed by atoms with van der Waals surface area (Å²) >= 11 is 1.80. The smallest absolute Gasteiger partial charge is 0.253 e. The van der Waals surface area contributed by atoms with E-state index in [2.05, 4.69) is 47.1 Å². The summed E-state index contributed by atoms with van der Waals surface area (Å²) in [5, 5.41) is 4.82. The van der Waals surface area contributed by atoms with Gasteiger partial charge in [0.15, 0.2) is 5.82 Å². The van der Waals surface area contributed by atoms with Crippen LogP contribution in [-0.4, -0.2) is 77.3 Å². The average molecular weight is 477 g/mol. The standard InChI is InChI=1S/C25H28N6O2S/c1-18-3-2-4-19(15-18)21-5-6-31(28-21)25-26-22-16-20(17-29-7-11-32-12-8-29)34-23(22)24(27-25)30-9-13-33-14-10-30/h2-6,15-16H,7-14,17H2,1H3. The van der Waals surface area contributed by atoms with Gasteiger partial charge in [0.25, 0.3) is 5.95 Å². The van der Waals surface area contributed by atoms with E-state index in [4.69, 9.17) is 24.5 Å². The number of hydrogen-bond donors (Lipinski definition) is 0. The fourth-order valence-corrected chi connectivity index (χ4v) is 5.65. The van der Waals surface area contributed by atoms with Crippen LogP contribution in [0.1, 0.15) is 10.4 Å². The lowest BCUT2D eigenvalue weighted by Crippen LogP contribution is -2.37. The molecule has 9 heteroatoms. The Bertz CT molecular complexity index is 1290. The van der Waals surface area contributed by atoms with Crippen LogP contribution in [0.3, 0.4) is 0 Å². The topological polar surface area (TPSA) is 68.5 Å². The molecule has 0 amide bonds. The first-order valence-electron chi connectivity index (χ1n) is 11.8. The van der Waals surface area contributed by atoms with Crippen LogP contribution in [0.4, 0.5) is 5.82 Å². The number of aryl methyl sites for hydroxylation is 1. The third-order valence-corrected chi connectivity index (χ3v) is 7.40. The molecule has 0 spiro atoms. The van der Waals surface area contributed by atoms with Crippen molar-refractivity contribution in [3.05, 3.63) is 53.0 Å². The van der Waals surface area contributed by atoms with Gasteiger partial charge in [-0.25, -0.2) is 9.67 Å². The molecule has 4 aromatic rings. The maximum Gasteiger partial charge on any atom is 0.253 e. The number of benzene rings is 1. The van der Waals surface area contributed by atoms with Crippen molar-refractivity contribution in [2.75, 3.05) is 57.5 Å². The highest BCUT2D eigenvalue weighted by atomic mass is 32.1. The highest BCUT2D eigenvalue weighted by Gasteiger charge is 2.21. The van der Waals surface area contributed by atoms with Crippen molar-refractivity contribution < 1.29 is 9.47 Å². The van der Waals surface area contributed by atoms with Crippen LogP contribution in [0.25, 0.3) is 27.4 Å². The molecule has 34 heavy (non-hydrogen) atoms. The third kappa shape index (κ3) is 4.44. The summed E-state index contributed by atoms with van der Waals surface area (Å²) in [5.41, 5.74) is 4.20. The molecule has 176 valence electrons. The van der Waals surface area contributed by atoms with Crippen molar-refractivity contribution >= 4 is 27.4 Å². The zero-order chi connectivity index (χ0) is 22.9. The van der Waals surface area contributed by atoms with Crippen LogP contribution in [0.15, 0.2) is 42.6 Å². The van der Waals surface area contributed by atoms with E-state index >= 15 is 0 Å². The Kier molecular flexibility index (Phi) is 6.00. The van der Waals surface area contributed by atoms with Gasteiger partial charge in [-0.3, -0.25) is 4.90 Å². The summed E-state index contributed by atoms with van der Waals surface area (Å²) in [7, 11) is 0. The van der Waals surface area contributed by atoms with E-state index in [1.165, 1.54) is 10.4 Å². The Balaban J connectivity index is 1.38. The number of thiophene rings is 1. The molecule has 6 rings (SSSR count). The summed E-state index contributed by atoms with van der Waals surface area (Å²) in [6, 6.07) is 12.6. The van der Waals surface area contributed by atoms with Crippen molar-refractivity contribution in [1.29, 1.82) is 0 Å². The molecule has 3 aromatic heterocycles. The summed E-state index contributed by atoms with van der Waals surface area (Å²) in [6.07, 6.45) is 1.95. The van der Waals surface area contributed by atoms with Gasteiger partial charge < -0.3 is 14.4 Å². The molecule has 2 fully saturated rings. The van der Waals surface area contributed by atoms with Crippen LogP contribution < -0.4 is 4.90 Å². The second kappa shape index (κ2) is 9.42. The van der Waals surface area contributed by atoms with Gasteiger partial charge in [0.05, 0.1) is 42.3 Å². The molecule has 0 N–H and O–H groups in total. The highest BCUT2D eigenvalue weighted by Crippen LogP contribution is 2.34. The SMILES string of the molecule is Cc1cccc(-c2ccn(-c3nc(N4CCOCC4)c4sc(CN5CCOCC5)cc4n3)n2)c1. The van der Waals surface area contributed by atoms with Crippen LogP contribution >= 0.6 is 11.3 Å². The van der Waals surface area contributed by atoms with Crippen molar-refractivity contribution in [2.24, 2.45) is 0 Å². The first-order valence-corrected chi connectivity index (χ1v) is 12.6.